The first-order valence-electron chi connectivity index (χ1n) is 10.7. The highest BCUT2D eigenvalue weighted by Crippen LogP contribution is 2.30. The van der Waals surface area contributed by atoms with E-state index >= 15 is 0 Å². The lowest BCUT2D eigenvalue weighted by molar-refractivity contribution is 0.102. The summed E-state index contributed by atoms with van der Waals surface area (Å²) in [6.07, 6.45) is 1.70. The number of aryl methyl sites for hydroxylation is 2. The van der Waals surface area contributed by atoms with Gasteiger partial charge >= 0.3 is 0 Å². The molecule has 1 amide bonds. The molecule has 0 saturated carbocycles. The van der Waals surface area contributed by atoms with Gasteiger partial charge in [-0.15, -0.1) is 0 Å². The maximum atomic E-state index is 13.8. The zero-order chi connectivity index (χ0) is 23.8. The molecule has 0 unspecified atom stereocenters. The van der Waals surface area contributed by atoms with Crippen LogP contribution in [0.2, 0.25) is 0 Å². The van der Waals surface area contributed by atoms with Crippen LogP contribution in [0.25, 0.3) is 21.0 Å². The van der Waals surface area contributed by atoms with Crippen LogP contribution in [0, 0.1) is 12.7 Å². The Kier molecular flexibility index (Phi) is 5.54. The van der Waals surface area contributed by atoms with Gasteiger partial charge in [0.2, 0.25) is 0 Å². The van der Waals surface area contributed by atoms with Crippen molar-refractivity contribution in [2.75, 3.05) is 10.6 Å². The first kappa shape index (κ1) is 21.7. The highest BCUT2D eigenvalue weighted by atomic mass is 32.1. The number of pyridine rings is 2. The lowest BCUT2D eigenvalue weighted by Gasteiger charge is -2.15. The summed E-state index contributed by atoms with van der Waals surface area (Å²) in [4.78, 5) is 30.7. The number of fused-ring (bicyclic) bond motifs is 2. The molecule has 0 atom stereocenters. The topological polar surface area (TPSA) is 88.9 Å². The average Bonchev–Trinajstić information content (AvgIpc) is 3.25. The van der Waals surface area contributed by atoms with E-state index < -0.39 is 11.7 Å². The summed E-state index contributed by atoms with van der Waals surface area (Å²) in [5.41, 5.74) is 2.54. The van der Waals surface area contributed by atoms with Crippen LogP contribution in [-0.4, -0.2) is 19.8 Å². The Balaban J connectivity index is 1.62. The first-order valence-corrected chi connectivity index (χ1v) is 11.4. The number of benzene rings is 2. The Hall–Kier alpha value is -4.11. The van der Waals surface area contributed by atoms with Crippen LogP contribution >= 0.6 is 11.5 Å². The molecule has 5 rings (SSSR count). The molecule has 7 nitrogen and oxygen atoms in total. The third kappa shape index (κ3) is 3.90. The van der Waals surface area contributed by atoms with Crippen molar-refractivity contribution in [2.24, 2.45) is 0 Å². The largest absolute Gasteiger partial charge is 0.338 e. The van der Waals surface area contributed by atoms with Crippen LogP contribution < -0.4 is 16.2 Å². The molecule has 0 radical (unpaired) electrons. The van der Waals surface area contributed by atoms with Crippen LogP contribution in [-0.2, 0) is 6.54 Å². The molecule has 3 aromatic heterocycles. The van der Waals surface area contributed by atoms with E-state index in [4.69, 9.17) is 0 Å². The number of amides is 1. The molecule has 34 heavy (non-hydrogen) atoms. The lowest BCUT2D eigenvalue weighted by atomic mass is 10.1. The summed E-state index contributed by atoms with van der Waals surface area (Å²) in [6.45, 7) is 4.34. The normalized spacial score (nSPS) is 11.1. The second kappa shape index (κ2) is 8.68. The minimum absolute atomic E-state index is 0.112. The van der Waals surface area contributed by atoms with Crippen LogP contribution in [0.15, 0.2) is 65.6 Å². The third-order valence-corrected chi connectivity index (χ3v) is 6.42. The van der Waals surface area contributed by atoms with E-state index in [0.29, 0.717) is 39.0 Å². The molecule has 2 aromatic carbocycles. The zero-order valence-corrected chi connectivity index (χ0v) is 19.2. The van der Waals surface area contributed by atoms with Gasteiger partial charge in [0.05, 0.1) is 21.3 Å². The minimum Gasteiger partial charge on any atom is -0.338 e. The van der Waals surface area contributed by atoms with Gasteiger partial charge < -0.3 is 15.2 Å². The predicted molar refractivity (Wildman–Crippen MR) is 134 cm³/mol. The van der Waals surface area contributed by atoms with Gasteiger partial charge in [-0.3, -0.25) is 9.59 Å². The predicted octanol–water partition coefficient (Wildman–Crippen LogP) is 5.47. The minimum atomic E-state index is -0.516. The fraction of sp³-hybridized carbons (Fsp3) is 0.120. The van der Waals surface area contributed by atoms with Crippen LogP contribution in [0.3, 0.4) is 0 Å². The smallest absolute Gasteiger partial charge is 0.276 e. The van der Waals surface area contributed by atoms with Crippen LogP contribution in [0.4, 0.5) is 21.6 Å². The maximum Gasteiger partial charge on any atom is 0.276 e. The number of nitrogens with one attached hydrogen (secondary N) is 2. The van der Waals surface area contributed by atoms with Crippen molar-refractivity contribution < 1.29 is 9.18 Å². The Bertz CT molecular complexity index is 1630. The zero-order valence-electron chi connectivity index (χ0n) is 18.4. The summed E-state index contributed by atoms with van der Waals surface area (Å²) in [5, 5.41) is 6.90. The van der Waals surface area contributed by atoms with Gasteiger partial charge in [0.25, 0.3) is 11.5 Å². The standard InChI is InChI=1S/C25H20FN5O2S/c1-3-31-11-10-19-16(25(31)33)13-20(23(28-19)27-18-7-5-4-6-14(18)2)29-24(32)22-17-12-15(26)8-9-21(17)34-30-22/h4-13H,3H2,1-2H3,(H,27,28)(H,29,32). The highest BCUT2D eigenvalue weighted by Gasteiger charge is 2.19. The molecular weight excluding hydrogens is 453 g/mol. The van der Waals surface area contributed by atoms with Gasteiger partial charge in [-0.05, 0) is 67.3 Å². The Morgan fingerprint density at radius 3 is 2.71 bits per heavy atom. The second-order valence-corrected chi connectivity index (χ2v) is 8.59. The number of anilines is 3. The summed E-state index contributed by atoms with van der Waals surface area (Å²) in [7, 11) is 0. The second-order valence-electron chi connectivity index (χ2n) is 7.79. The van der Waals surface area contributed by atoms with Crippen molar-refractivity contribution in [3.05, 3.63) is 88.2 Å². The van der Waals surface area contributed by atoms with Crippen molar-refractivity contribution in [2.45, 2.75) is 20.4 Å². The first-order chi connectivity index (χ1) is 16.4. The fourth-order valence-corrected chi connectivity index (χ4v) is 4.50. The lowest BCUT2D eigenvalue weighted by Crippen LogP contribution is -2.20. The van der Waals surface area contributed by atoms with Crippen LogP contribution in [0.1, 0.15) is 23.0 Å². The SMILES string of the molecule is CCn1ccc2nc(Nc3ccccc3C)c(NC(=O)c3nsc4ccc(F)cc34)cc2c1=O. The molecule has 170 valence electrons. The number of hydrogen-bond acceptors (Lipinski definition) is 6. The summed E-state index contributed by atoms with van der Waals surface area (Å²) < 4.78 is 20.3. The Morgan fingerprint density at radius 1 is 1.09 bits per heavy atom. The van der Waals surface area contributed by atoms with Gasteiger partial charge in [-0.25, -0.2) is 9.37 Å². The molecule has 0 spiro atoms. The number of para-hydroxylation sites is 1. The van der Waals surface area contributed by atoms with E-state index in [0.717, 1.165) is 22.8 Å². The average molecular weight is 474 g/mol. The molecule has 3 heterocycles. The van der Waals surface area contributed by atoms with E-state index in [9.17, 15) is 14.0 Å². The molecular formula is C25H20FN5O2S. The van der Waals surface area contributed by atoms with Gasteiger partial charge in [0, 0.05) is 23.8 Å². The number of nitrogens with zero attached hydrogens (tertiary/aromatic N) is 3. The van der Waals surface area contributed by atoms with Gasteiger partial charge in [0.15, 0.2) is 5.82 Å². The molecule has 2 N–H and O–H groups in total. The van der Waals surface area contributed by atoms with Gasteiger partial charge in [0.1, 0.15) is 11.5 Å². The van der Waals surface area contributed by atoms with E-state index in [1.54, 1.807) is 29.0 Å². The van der Waals surface area contributed by atoms with Crippen molar-refractivity contribution >= 4 is 55.6 Å². The number of aromatic nitrogens is 3. The van der Waals surface area contributed by atoms with Crippen LogP contribution in [0.5, 0.6) is 0 Å². The van der Waals surface area contributed by atoms with Crippen molar-refractivity contribution in [1.82, 2.24) is 13.9 Å². The Labute approximate surface area is 198 Å². The molecule has 0 aliphatic heterocycles. The Morgan fingerprint density at radius 2 is 1.91 bits per heavy atom. The molecule has 0 fully saturated rings. The number of hydrogen-bond donors (Lipinski definition) is 2. The molecule has 0 aliphatic rings. The van der Waals surface area contributed by atoms with E-state index in [1.165, 1.54) is 12.1 Å². The van der Waals surface area contributed by atoms with Gasteiger partial charge in [-0.2, -0.15) is 4.37 Å². The molecule has 9 heteroatoms. The number of carbonyl (C=O) groups excluding carboxylic acids is 1. The monoisotopic (exact) mass is 473 g/mol. The van der Waals surface area contributed by atoms with E-state index in [2.05, 4.69) is 20.0 Å². The van der Waals surface area contributed by atoms with Gasteiger partial charge in [-0.1, -0.05) is 18.2 Å². The summed E-state index contributed by atoms with van der Waals surface area (Å²) >= 11 is 1.12. The molecule has 0 bridgehead atoms. The number of halogens is 1. The molecule has 0 aliphatic carbocycles. The summed E-state index contributed by atoms with van der Waals surface area (Å²) in [5.74, 6) is -0.580. The highest BCUT2D eigenvalue weighted by molar-refractivity contribution is 7.13. The van der Waals surface area contributed by atoms with Crippen molar-refractivity contribution in [3.8, 4) is 0 Å². The molecule has 0 saturated heterocycles. The third-order valence-electron chi connectivity index (χ3n) is 5.59. The maximum absolute atomic E-state index is 13.8. The number of carbonyl (C=O) groups is 1. The fourth-order valence-electron chi connectivity index (χ4n) is 3.75. The molecule has 5 aromatic rings. The van der Waals surface area contributed by atoms with E-state index in [1.807, 2.05) is 38.1 Å². The van der Waals surface area contributed by atoms with Crippen molar-refractivity contribution in [1.29, 1.82) is 0 Å². The van der Waals surface area contributed by atoms with E-state index in [-0.39, 0.29) is 11.3 Å². The number of rotatable bonds is 5. The quantitative estimate of drug-likeness (QED) is 0.353. The summed E-state index contributed by atoms with van der Waals surface area (Å²) in [6, 6.07) is 15.3. The van der Waals surface area contributed by atoms with Crippen molar-refractivity contribution in [3.63, 3.8) is 0 Å².